The summed E-state index contributed by atoms with van der Waals surface area (Å²) in [6.45, 7) is 0. The number of carboxylic acid groups (broad SMARTS) is 1. The van der Waals surface area contributed by atoms with Crippen LogP contribution in [-0.4, -0.2) is 50.4 Å². The van der Waals surface area contributed by atoms with E-state index in [1.54, 1.807) is 78.9 Å². The Morgan fingerprint density at radius 3 is 1.90 bits per heavy atom. The van der Waals surface area contributed by atoms with Crippen molar-refractivity contribution in [2.45, 2.75) is 37.4 Å². The summed E-state index contributed by atoms with van der Waals surface area (Å²) in [5.41, 5.74) is 5.31. The van der Waals surface area contributed by atoms with E-state index in [0.29, 0.717) is 11.1 Å². The number of nitrogens with zero attached hydrogens (tertiary/aromatic N) is 1. The highest BCUT2D eigenvalue weighted by molar-refractivity contribution is 5.94. The summed E-state index contributed by atoms with van der Waals surface area (Å²) in [5.74, 6) is -4.15. The van der Waals surface area contributed by atoms with Crippen molar-refractivity contribution in [2.75, 3.05) is 0 Å². The second kappa shape index (κ2) is 13.2. The second-order valence-electron chi connectivity index (χ2n) is 9.68. The second-order valence-corrected chi connectivity index (χ2v) is 9.68. The molecule has 0 saturated carbocycles. The van der Waals surface area contributed by atoms with Gasteiger partial charge in [-0.05, 0) is 23.3 Å². The summed E-state index contributed by atoms with van der Waals surface area (Å²) in [7, 11) is 0. The number of carbonyl (C=O) groups is 4. The smallest absolute Gasteiger partial charge is 0.329 e. The standard InChI is InChI=1S/C30H29N5O7/c31-25(36)17-22(26(37)33-23(29(40)41)15-18-9-3-1-4-10-18)32-27(38)24(16-19-11-5-2-6-12-19)35-28(39)20-13-7-8-14-21(20)34-30(35)42/h1-14,22-24H,15-17H2,(H2,31,36)(H,32,38)(H,33,37)(H,34,42)(H,40,41)/t22-,23+,24-/m0/s1. The lowest BCUT2D eigenvalue weighted by molar-refractivity contribution is -0.142. The number of nitrogens with one attached hydrogen (secondary N) is 3. The highest BCUT2D eigenvalue weighted by Gasteiger charge is 2.32. The highest BCUT2D eigenvalue weighted by atomic mass is 16.4. The average Bonchev–Trinajstić information content (AvgIpc) is 2.96. The number of carboxylic acids is 1. The molecule has 0 spiro atoms. The molecule has 12 nitrogen and oxygen atoms in total. The lowest BCUT2D eigenvalue weighted by Crippen LogP contribution is -2.55. The Balaban J connectivity index is 1.66. The van der Waals surface area contributed by atoms with E-state index < -0.39 is 59.5 Å². The quantitative estimate of drug-likeness (QED) is 0.165. The fourth-order valence-electron chi connectivity index (χ4n) is 4.60. The molecule has 0 radical (unpaired) electrons. The number of aromatic amines is 1. The summed E-state index contributed by atoms with van der Waals surface area (Å²) < 4.78 is 0.763. The normalized spacial score (nSPS) is 13.0. The van der Waals surface area contributed by atoms with Gasteiger partial charge in [-0.25, -0.2) is 14.2 Å². The van der Waals surface area contributed by atoms with Crippen LogP contribution in [0.2, 0.25) is 0 Å². The van der Waals surface area contributed by atoms with Crippen LogP contribution >= 0.6 is 0 Å². The number of hydrogen-bond acceptors (Lipinski definition) is 6. The zero-order valence-electron chi connectivity index (χ0n) is 22.4. The first kappa shape index (κ1) is 29.5. The number of benzene rings is 3. The first-order valence-electron chi connectivity index (χ1n) is 13.1. The Hall–Kier alpha value is -5.52. The van der Waals surface area contributed by atoms with Crippen molar-refractivity contribution < 1.29 is 24.3 Å². The van der Waals surface area contributed by atoms with Crippen molar-refractivity contribution in [3.05, 3.63) is 117 Å². The first-order valence-corrected chi connectivity index (χ1v) is 13.1. The number of primary amides is 1. The fraction of sp³-hybridized carbons (Fsp3) is 0.200. The maximum atomic E-state index is 13.7. The molecule has 6 N–H and O–H groups in total. The monoisotopic (exact) mass is 571 g/mol. The van der Waals surface area contributed by atoms with Crippen molar-refractivity contribution in [1.29, 1.82) is 0 Å². The van der Waals surface area contributed by atoms with Gasteiger partial charge < -0.3 is 26.5 Å². The van der Waals surface area contributed by atoms with Gasteiger partial charge in [-0.2, -0.15) is 0 Å². The molecule has 3 aromatic carbocycles. The van der Waals surface area contributed by atoms with Crippen LogP contribution in [0, 0.1) is 0 Å². The van der Waals surface area contributed by atoms with Crippen LogP contribution in [0.5, 0.6) is 0 Å². The van der Waals surface area contributed by atoms with Crippen molar-refractivity contribution in [2.24, 2.45) is 5.73 Å². The predicted octanol–water partition coefficient (Wildman–Crippen LogP) is 0.646. The largest absolute Gasteiger partial charge is 0.480 e. The molecule has 0 aliphatic heterocycles. The molecule has 1 heterocycles. The highest BCUT2D eigenvalue weighted by Crippen LogP contribution is 2.15. The van der Waals surface area contributed by atoms with Crippen molar-refractivity contribution >= 4 is 34.6 Å². The molecule has 0 unspecified atom stereocenters. The van der Waals surface area contributed by atoms with Crippen molar-refractivity contribution in [1.82, 2.24) is 20.2 Å². The Morgan fingerprint density at radius 2 is 1.31 bits per heavy atom. The maximum absolute atomic E-state index is 13.7. The first-order chi connectivity index (χ1) is 20.1. The van der Waals surface area contributed by atoms with Gasteiger partial charge in [0.05, 0.1) is 17.3 Å². The molecule has 42 heavy (non-hydrogen) atoms. The summed E-state index contributed by atoms with van der Waals surface area (Å²) in [6.07, 6.45) is -0.821. The number of nitrogens with two attached hydrogens (primary N) is 1. The van der Waals surface area contributed by atoms with E-state index in [-0.39, 0.29) is 23.7 Å². The van der Waals surface area contributed by atoms with Gasteiger partial charge in [0.15, 0.2) is 0 Å². The molecular formula is C30H29N5O7. The average molecular weight is 572 g/mol. The topological polar surface area (TPSA) is 193 Å². The molecule has 0 aliphatic carbocycles. The minimum Gasteiger partial charge on any atom is -0.480 e. The third kappa shape index (κ3) is 7.16. The van der Waals surface area contributed by atoms with E-state index in [1.807, 2.05) is 0 Å². The molecule has 216 valence electrons. The van der Waals surface area contributed by atoms with Crippen LogP contribution < -0.4 is 27.6 Å². The number of rotatable bonds is 12. The number of H-pyrrole nitrogens is 1. The summed E-state index contributed by atoms with van der Waals surface area (Å²) in [4.78, 5) is 79.8. The fourth-order valence-corrected chi connectivity index (χ4v) is 4.60. The van der Waals surface area contributed by atoms with Gasteiger partial charge in [0, 0.05) is 12.8 Å². The molecule has 0 fully saturated rings. The molecule has 3 atom stereocenters. The number of hydrogen-bond donors (Lipinski definition) is 5. The van der Waals surface area contributed by atoms with Crippen LogP contribution in [0.1, 0.15) is 23.6 Å². The Kier molecular flexibility index (Phi) is 9.28. The SMILES string of the molecule is NC(=O)C[C@H](NC(=O)[C@H](Cc1ccccc1)n1c(=O)[nH]c2ccccc2c1=O)C(=O)N[C@H](Cc1ccccc1)C(=O)O. The predicted molar refractivity (Wildman–Crippen MR) is 153 cm³/mol. The third-order valence-electron chi connectivity index (χ3n) is 6.66. The summed E-state index contributed by atoms with van der Waals surface area (Å²) in [5, 5.41) is 14.6. The van der Waals surface area contributed by atoms with E-state index in [4.69, 9.17) is 5.73 Å². The molecule has 0 aliphatic rings. The van der Waals surface area contributed by atoms with Crippen molar-refractivity contribution in [3.8, 4) is 0 Å². The van der Waals surface area contributed by atoms with Gasteiger partial charge >= 0.3 is 11.7 Å². The minimum atomic E-state index is -1.58. The number of para-hydroxylation sites is 1. The summed E-state index contributed by atoms with van der Waals surface area (Å²) >= 11 is 0. The zero-order chi connectivity index (χ0) is 30.2. The maximum Gasteiger partial charge on any atom is 0.329 e. The number of aromatic nitrogens is 2. The zero-order valence-corrected chi connectivity index (χ0v) is 22.4. The van der Waals surface area contributed by atoms with Gasteiger partial charge in [0.1, 0.15) is 18.1 Å². The Morgan fingerprint density at radius 1 is 0.762 bits per heavy atom. The number of aliphatic carboxylic acids is 1. The number of carbonyl (C=O) groups excluding carboxylic acids is 3. The molecule has 0 bridgehead atoms. The number of amides is 3. The third-order valence-corrected chi connectivity index (χ3v) is 6.66. The lowest BCUT2D eigenvalue weighted by atomic mass is 10.0. The molecule has 0 saturated heterocycles. The van der Waals surface area contributed by atoms with Gasteiger partial charge in [-0.1, -0.05) is 72.8 Å². The van der Waals surface area contributed by atoms with E-state index in [0.717, 1.165) is 4.57 Å². The Bertz CT molecular complexity index is 1720. The van der Waals surface area contributed by atoms with Gasteiger partial charge in [-0.15, -0.1) is 0 Å². The molecule has 1 aromatic heterocycles. The van der Waals surface area contributed by atoms with Crippen LogP contribution in [0.3, 0.4) is 0 Å². The molecular weight excluding hydrogens is 542 g/mol. The molecule has 4 aromatic rings. The van der Waals surface area contributed by atoms with Crippen LogP contribution in [0.15, 0.2) is 94.5 Å². The van der Waals surface area contributed by atoms with Gasteiger partial charge in [-0.3, -0.25) is 19.2 Å². The van der Waals surface area contributed by atoms with Crippen LogP contribution in [0.25, 0.3) is 10.9 Å². The molecule has 3 amide bonds. The van der Waals surface area contributed by atoms with Gasteiger partial charge in [0.2, 0.25) is 17.7 Å². The van der Waals surface area contributed by atoms with E-state index in [9.17, 15) is 33.9 Å². The number of fused-ring (bicyclic) bond motifs is 1. The van der Waals surface area contributed by atoms with Crippen LogP contribution in [0.4, 0.5) is 0 Å². The molecule has 4 rings (SSSR count). The van der Waals surface area contributed by atoms with E-state index in [1.165, 1.54) is 6.07 Å². The Labute approximate surface area is 239 Å². The lowest BCUT2D eigenvalue weighted by Gasteiger charge is -2.24. The minimum absolute atomic E-state index is 0.0579. The van der Waals surface area contributed by atoms with E-state index >= 15 is 0 Å². The summed E-state index contributed by atoms with van der Waals surface area (Å²) in [6, 6.07) is 19.1. The van der Waals surface area contributed by atoms with Crippen LogP contribution in [-0.2, 0) is 32.0 Å². The van der Waals surface area contributed by atoms with Gasteiger partial charge in [0.25, 0.3) is 5.56 Å². The molecule has 12 heteroatoms. The van der Waals surface area contributed by atoms with Crippen molar-refractivity contribution in [3.63, 3.8) is 0 Å². The van der Waals surface area contributed by atoms with E-state index in [2.05, 4.69) is 15.6 Å².